The van der Waals surface area contributed by atoms with Gasteiger partial charge in [-0.2, -0.15) is 10.1 Å². The number of nitrogens with one attached hydrogen (secondary N) is 2. The Labute approximate surface area is 178 Å². The molecular formula is C20H22ClN7O2. The number of Topliss-reactive ketones (excluding diaryl/α,β-unsaturated/α-hetero) is 1. The van der Waals surface area contributed by atoms with Gasteiger partial charge in [0.25, 0.3) is 5.91 Å². The van der Waals surface area contributed by atoms with Crippen molar-refractivity contribution in [1.82, 2.24) is 20.6 Å². The van der Waals surface area contributed by atoms with Gasteiger partial charge in [-0.05, 0) is 23.5 Å². The first-order valence-electron chi connectivity index (χ1n) is 9.42. The summed E-state index contributed by atoms with van der Waals surface area (Å²) in [7, 11) is 0. The molecule has 0 saturated carbocycles. The number of halogens is 1. The molecule has 1 unspecified atom stereocenters. The topological polar surface area (TPSA) is 143 Å². The van der Waals surface area contributed by atoms with Crippen molar-refractivity contribution in [3.63, 3.8) is 0 Å². The average Bonchev–Trinajstić information content (AvgIpc) is 3.20. The van der Waals surface area contributed by atoms with E-state index in [2.05, 4.69) is 20.6 Å². The van der Waals surface area contributed by atoms with Crippen LogP contribution in [0.3, 0.4) is 0 Å². The van der Waals surface area contributed by atoms with Gasteiger partial charge in [0.05, 0.1) is 5.57 Å². The Morgan fingerprint density at radius 1 is 1.33 bits per heavy atom. The normalized spacial score (nSPS) is 21.0. The molecule has 1 aromatic heterocycles. The van der Waals surface area contributed by atoms with E-state index >= 15 is 0 Å². The molecule has 6 N–H and O–H groups in total. The smallest absolute Gasteiger partial charge is 0.265 e. The molecular weight excluding hydrogens is 406 g/mol. The summed E-state index contributed by atoms with van der Waals surface area (Å²) in [6.07, 6.45) is 2.21. The largest absolute Gasteiger partial charge is 0.384 e. The number of allylic oxidation sites excluding steroid dienone is 2. The molecule has 156 valence electrons. The van der Waals surface area contributed by atoms with E-state index in [-0.39, 0.29) is 22.6 Å². The molecule has 0 radical (unpaired) electrons. The van der Waals surface area contributed by atoms with Crippen LogP contribution in [0.4, 0.5) is 5.95 Å². The lowest BCUT2D eigenvalue weighted by atomic mass is 9.68. The molecule has 30 heavy (non-hydrogen) atoms. The van der Waals surface area contributed by atoms with E-state index in [1.54, 1.807) is 29.2 Å². The first kappa shape index (κ1) is 20.1. The van der Waals surface area contributed by atoms with Crippen LogP contribution in [-0.2, 0) is 9.59 Å². The summed E-state index contributed by atoms with van der Waals surface area (Å²) < 4.78 is 0. The summed E-state index contributed by atoms with van der Waals surface area (Å²) >= 11 is 6.49. The molecule has 1 aliphatic heterocycles. The maximum atomic E-state index is 13.4. The number of anilines is 1. The molecule has 2 heterocycles. The van der Waals surface area contributed by atoms with Crippen LogP contribution >= 0.6 is 11.6 Å². The summed E-state index contributed by atoms with van der Waals surface area (Å²) in [5, 5.41) is 7.09. The summed E-state index contributed by atoms with van der Waals surface area (Å²) in [6, 6.07) is 7.08. The average molecular weight is 428 g/mol. The Hall–Kier alpha value is -3.17. The van der Waals surface area contributed by atoms with E-state index in [4.69, 9.17) is 23.2 Å². The number of hydrogen-bond acceptors (Lipinski definition) is 7. The molecule has 4 rings (SSSR count). The van der Waals surface area contributed by atoms with E-state index in [1.165, 1.54) is 6.33 Å². The predicted molar refractivity (Wildman–Crippen MR) is 112 cm³/mol. The van der Waals surface area contributed by atoms with Crippen molar-refractivity contribution in [3.8, 4) is 0 Å². The highest BCUT2D eigenvalue weighted by Crippen LogP contribution is 2.50. The van der Waals surface area contributed by atoms with Gasteiger partial charge >= 0.3 is 0 Å². The van der Waals surface area contributed by atoms with Gasteiger partial charge in [0, 0.05) is 28.6 Å². The van der Waals surface area contributed by atoms with Crippen LogP contribution in [-0.4, -0.2) is 26.9 Å². The molecule has 0 spiro atoms. The number of benzene rings is 1. The second-order valence-electron chi connectivity index (χ2n) is 8.17. The number of rotatable bonds is 3. The second kappa shape index (κ2) is 7.26. The molecule has 1 aliphatic carbocycles. The number of nitrogens with zero attached hydrogens (tertiary/aromatic N) is 3. The fourth-order valence-electron chi connectivity index (χ4n) is 4.28. The van der Waals surface area contributed by atoms with Crippen molar-refractivity contribution < 1.29 is 9.59 Å². The minimum Gasteiger partial charge on any atom is -0.384 e. The van der Waals surface area contributed by atoms with Crippen molar-refractivity contribution in [3.05, 3.63) is 63.8 Å². The third kappa shape index (κ3) is 3.16. The van der Waals surface area contributed by atoms with Gasteiger partial charge < -0.3 is 5.73 Å². The van der Waals surface area contributed by atoms with E-state index in [0.29, 0.717) is 40.6 Å². The van der Waals surface area contributed by atoms with Gasteiger partial charge in [-0.15, -0.1) is 0 Å². The molecule has 2 aliphatic rings. The number of carbonyl (C=O) groups is 2. The number of aromatic amines is 1. The van der Waals surface area contributed by atoms with Gasteiger partial charge in [-0.1, -0.05) is 43.6 Å². The number of ketones is 1. The molecule has 9 nitrogen and oxygen atoms in total. The van der Waals surface area contributed by atoms with Crippen molar-refractivity contribution >= 4 is 29.2 Å². The number of carbonyl (C=O) groups excluding carboxylic acids is 2. The first-order valence-corrected chi connectivity index (χ1v) is 9.79. The van der Waals surface area contributed by atoms with Gasteiger partial charge in [0.15, 0.2) is 5.78 Å². The lowest BCUT2D eigenvalue weighted by Crippen LogP contribution is -2.46. The lowest BCUT2D eigenvalue weighted by Gasteiger charge is -2.43. The summed E-state index contributed by atoms with van der Waals surface area (Å²) in [5.74, 6) is 4.47. The third-order valence-electron chi connectivity index (χ3n) is 5.47. The minimum atomic E-state index is -0.750. The molecule has 10 heteroatoms. The van der Waals surface area contributed by atoms with Gasteiger partial charge in [-0.3, -0.25) is 19.9 Å². The van der Waals surface area contributed by atoms with Crippen LogP contribution in [0.1, 0.15) is 38.2 Å². The van der Waals surface area contributed by atoms with Crippen molar-refractivity contribution in [1.29, 1.82) is 0 Å². The van der Waals surface area contributed by atoms with Crippen molar-refractivity contribution in [2.75, 3.05) is 4.90 Å². The Balaban J connectivity index is 2.05. The fraction of sp³-hybridized carbons (Fsp3) is 0.300. The minimum absolute atomic E-state index is 0.0782. The molecule has 1 atom stereocenters. The summed E-state index contributed by atoms with van der Waals surface area (Å²) in [6.45, 7) is 4.03. The van der Waals surface area contributed by atoms with Crippen molar-refractivity contribution in [2.45, 2.75) is 32.6 Å². The van der Waals surface area contributed by atoms with E-state index in [1.807, 2.05) is 13.8 Å². The Morgan fingerprint density at radius 3 is 2.70 bits per heavy atom. The Bertz CT molecular complexity index is 1090. The highest BCUT2D eigenvalue weighted by Gasteiger charge is 2.47. The number of H-pyrrole nitrogens is 1. The number of amides is 1. The molecule has 1 amide bonds. The lowest BCUT2D eigenvalue weighted by molar-refractivity contribution is -0.118. The summed E-state index contributed by atoms with van der Waals surface area (Å²) in [4.78, 5) is 32.1. The zero-order valence-corrected chi connectivity index (χ0v) is 17.3. The SMILES string of the molecule is CC1(C)CC(=O)C2=C(C1)N(c1ncn[nH]1)C(N)=C(C(=O)NN)C2c1ccccc1Cl. The zero-order valence-electron chi connectivity index (χ0n) is 16.6. The van der Waals surface area contributed by atoms with Crippen LogP contribution in [0.2, 0.25) is 5.02 Å². The highest BCUT2D eigenvalue weighted by molar-refractivity contribution is 6.31. The summed E-state index contributed by atoms with van der Waals surface area (Å²) in [5.41, 5.74) is 10.3. The van der Waals surface area contributed by atoms with Gasteiger partial charge in [0.1, 0.15) is 12.1 Å². The van der Waals surface area contributed by atoms with Crippen LogP contribution in [0, 0.1) is 5.41 Å². The fourth-order valence-corrected chi connectivity index (χ4v) is 4.53. The van der Waals surface area contributed by atoms with Gasteiger partial charge in [-0.25, -0.2) is 10.9 Å². The third-order valence-corrected chi connectivity index (χ3v) is 5.81. The predicted octanol–water partition coefficient (Wildman–Crippen LogP) is 1.87. The van der Waals surface area contributed by atoms with Crippen LogP contribution < -0.4 is 21.9 Å². The Morgan fingerprint density at radius 2 is 2.07 bits per heavy atom. The number of hydrogen-bond donors (Lipinski definition) is 4. The monoisotopic (exact) mass is 427 g/mol. The molecule has 1 aromatic carbocycles. The second-order valence-corrected chi connectivity index (χ2v) is 8.58. The standard InChI is InChI=1S/C20H22ClN7O2/c1-20(2)7-12-15(13(29)8-20)14(10-5-3-4-6-11(10)21)16(18(30)26-23)17(22)28(12)19-24-9-25-27-19/h3-6,9,14H,7-8,22-23H2,1-2H3,(H,26,30)(H,24,25,27). The zero-order chi connectivity index (χ0) is 21.6. The first-order chi connectivity index (χ1) is 14.2. The molecule has 0 saturated heterocycles. The maximum absolute atomic E-state index is 13.4. The number of nitrogens with two attached hydrogens (primary N) is 2. The van der Waals surface area contributed by atoms with Crippen LogP contribution in [0.5, 0.6) is 0 Å². The van der Waals surface area contributed by atoms with Crippen LogP contribution in [0.15, 0.2) is 53.3 Å². The maximum Gasteiger partial charge on any atom is 0.265 e. The Kier molecular flexibility index (Phi) is 4.87. The molecule has 0 bridgehead atoms. The van der Waals surface area contributed by atoms with Crippen LogP contribution in [0.25, 0.3) is 0 Å². The number of aromatic nitrogens is 3. The van der Waals surface area contributed by atoms with Gasteiger partial charge in [0.2, 0.25) is 5.95 Å². The van der Waals surface area contributed by atoms with E-state index in [0.717, 1.165) is 0 Å². The van der Waals surface area contributed by atoms with E-state index < -0.39 is 11.8 Å². The quantitative estimate of drug-likeness (QED) is 0.332. The molecule has 2 aromatic rings. The van der Waals surface area contributed by atoms with E-state index in [9.17, 15) is 9.59 Å². The number of hydrazine groups is 1. The molecule has 0 fully saturated rings. The van der Waals surface area contributed by atoms with Crippen molar-refractivity contribution in [2.24, 2.45) is 17.0 Å². The highest BCUT2D eigenvalue weighted by atomic mass is 35.5.